The molecule has 0 aliphatic carbocycles. The molecule has 0 aliphatic rings. The van der Waals surface area contributed by atoms with E-state index in [1.165, 1.54) is 7.11 Å². The number of methoxy groups -OCH3 is 1. The molecule has 0 amide bonds. The first-order valence-corrected chi connectivity index (χ1v) is 6.11. The van der Waals surface area contributed by atoms with Gasteiger partial charge in [0, 0.05) is 5.02 Å². The molecule has 0 heterocycles. The number of aryl methyl sites for hydroxylation is 1. The second kappa shape index (κ2) is 5.76. The third-order valence-corrected chi connectivity index (χ3v) is 3.07. The molecule has 98 valence electrons. The molecule has 0 aromatic heterocycles. The number of halogens is 1. The molecule has 0 bridgehead atoms. The number of hydrogen-bond donors (Lipinski definition) is 0. The summed E-state index contributed by atoms with van der Waals surface area (Å²) in [6.07, 6.45) is 0. The highest BCUT2D eigenvalue weighted by molar-refractivity contribution is 6.31. The monoisotopic (exact) mass is 276 g/mol. The summed E-state index contributed by atoms with van der Waals surface area (Å²) in [4.78, 5) is 11.6. The van der Waals surface area contributed by atoms with Crippen molar-refractivity contribution in [2.75, 3.05) is 7.11 Å². The summed E-state index contributed by atoms with van der Waals surface area (Å²) < 4.78 is 10.4. The molecule has 0 unspecified atom stereocenters. The van der Waals surface area contributed by atoms with Crippen molar-refractivity contribution >= 4 is 17.6 Å². The number of rotatable bonds is 3. The molecule has 2 aromatic carbocycles. The Morgan fingerprint density at radius 3 is 2.58 bits per heavy atom. The fourth-order valence-corrected chi connectivity index (χ4v) is 1.76. The fraction of sp³-hybridized carbons (Fsp3) is 0.133. The van der Waals surface area contributed by atoms with Crippen LogP contribution in [0.2, 0.25) is 5.02 Å². The number of para-hydroxylation sites is 1. The number of ether oxygens (including phenoxy) is 2. The lowest BCUT2D eigenvalue weighted by molar-refractivity contribution is 0.0598. The van der Waals surface area contributed by atoms with Crippen LogP contribution in [0.1, 0.15) is 15.9 Å². The molecule has 2 rings (SSSR count). The van der Waals surface area contributed by atoms with Crippen LogP contribution < -0.4 is 4.74 Å². The van der Waals surface area contributed by atoms with Gasteiger partial charge >= 0.3 is 5.97 Å². The molecule has 0 atom stereocenters. The van der Waals surface area contributed by atoms with Crippen molar-refractivity contribution in [2.45, 2.75) is 6.92 Å². The van der Waals surface area contributed by atoms with Crippen molar-refractivity contribution in [3.63, 3.8) is 0 Å². The van der Waals surface area contributed by atoms with Crippen molar-refractivity contribution in [2.24, 2.45) is 0 Å². The van der Waals surface area contributed by atoms with Gasteiger partial charge in [0.2, 0.25) is 0 Å². The molecule has 0 saturated heterocycles. The van der Waals surface area contributed by atoms with Gasteiger partial charge in [0.15, 0.2) is 0 Å². The van der Waals surface area contributed by atoms with Gasteiger partial charge in [0.1, 0.15) is 17.1 Å². The van der Waals surface area contributed by atoms with Gasteiger partial charge in [0.25, 0.3) is 0 Å². The number of carbonyl (C=O) groups excluding carboxylic acids is 1. The summed E-state index contributed by atoms with van der Waals surface area (Å²) in [7, 11) is 1.34. The number of benzene rings is 2. The van der Waals surface area contributed by atoms with E-state index in [-0.39, 0.29) is 0 Å². The second-order valence-electron chi connectivity index (χ2n) is 4.00. The van der Waals surface area contributed by atoms with Crippen LogP contribution in [0.3, 0.4) is 0 Å². The molecule has 0 fully saturated rings. The van der Waals surface area contributed by atoms with Crippen molar-refractivity contribution < 1.29 is 14.3 Å². The van der Waals surface area contributed by atoms with E-state index in [0.29, 0.717) is 22.1 Å². The fourth-order valence-electron chi connectivity index (χ4n) is 1.64. The van der Waals surface area contributed by atoms with Gasteiger partial charge in [-0.15, -0.1) is 0 Å². The Morgan fingerprint density at radius 1 is 1.16 bits per heavy atom. The van der Waals surface area contributed by atoms with Crippen LogP contribution in [0.25, 0.3) is 0 Å². The maximum Gasteiger partial charge on any atom is 0.341 e. The number of carbonyl (C=O) groups is 1. The van der Waals surface area contributed by atoms with Gasteiger partial charge in [-0.3, -0.25) is 0 Å². The smallest absolute Gasteiger partial charge is 0.341 e. The topological polar surface area (TPSA) is 35.5 Å². The van der Waals surface area contributed by atoms with E-state index < -0.39 is 5.97 Å². The van der Waals surface area contributed by atoms with E-state index in [4.69, 9.17) is 21.1 Å². The van der Waals surface area contributed by atoms with Crippen LogP contribution in [-0.2, 0) is 4.74 Å². The Balaban J connectivity index is 2.32. The minimum atomic E-state index is -0.429. The van der Waals surface area contributed by atoms with Gasteiger partial charge in [0.05, 0.1) is 7.11 Å². The Hall–Kier alpha value is -2.00. The van der Waals surface area contributed by atoms with Crippen LogP contribution in [-0.4, -0.2) is 13.1 Å². The lowest BCUT2D eigenvalue weighted by Gasteiger charge is -2.10. The van der Waals surface area contributed by atoms with E-state index in [2.05, 4.69) is 0 Å². The first kappa shape index (κ1) is 13.4. The predicted octanol–water partition coefficient (Wildman–Crippen LogP) is 4.23. The van der Waals surface area contributed by atoms with Gasteiger partial charge in [-0.2, -0.15) is 0 Å². The molecule has 4 heteroatoms. The standard InChI is InChI=1S/C15H13ClO3/c1-10-9-11(7-8-13(10)16)19-14-6-4-3-5-12(14)15(17)18-2/h3-9H,1-2H3. The van der Waals surface area contributed by atoms with E-state index >= 15 is 0 Å². The zero-order chi connectivity index (χ0) is 13.8. The molecule has 2 aromatic rings. The molecule has 19 heavy (non-hydrogen) atoms. The lowest BCUT2D eigenvalue weighted by Crippen LogP contribution is -2.03. The van der Waals surface area contributed by atoms with Gasteiger partial charge in [-0.1, -0.05) is 23.7 Å². The first-order valence-electron chi connectivity index (χ1n) is 5.73. The van der Waals surface area contributed by atoms with Crippen LogP contribution in [0.4, 0.5) is 0 Å². The molecular formula is C15H13ClO3. The largest absolute Gasteiger partial charge is 0.465 e. The number of hydrogen-bond acceptors (Lipinski definition) is 3. The lowest BCUT2D eigenvalue weighted by atomic mass is 10.2. The highest BCUT2D eigenvalue weighted by atomic mass is 35.5. The maximum atomic E-state index is 11.6. The average molecular weight is 277 g/mol. The van der Waals surface area contributed by atoms with Crippen LogP contribution in [0.5, 0.6) is 11.5 Å². The first-order chi connectivity index (χ1) is 9.11. The third kappa shape index (κ3) is 3.06. The zero-order valence-electron chi connectivity index (χ0n) is 10.6. The zero-order valence-corrected chi connectivity index (χ0v) is 11.4. The highest BCUT2D eigenvalue weighted by Crippen LogP contribution is 2.28. The van der Waals surface area contributed by atoms with Crippen molar-refractivity contribution in [3.05, 3.63) is 58.6 Å². The molecule has 3 nitrogen and oxygen atoms in total. The second-order valence-corrected chi connectivity index (χ2v) is 4.41. The Kier molecular flexibility index (Phi) is 4.07. The van der Waals surface area contributed by atoms with Crippen LogP contribution in [0.15, 0.2) is 42.5 Å². The summed E-state index contributed by atoms with van der Waals surface area (Å²) in [5, 5.41) is 0.675. The summed E-state index contributed by atoms with van der Waals surface area (Å²) in [5.41, 5.74) is 1.30. The molecule has 0 radical (unpaired) electrons. The van der Waals surface area contributed by atoms with Crippen LogP contribution in [0, 0.1) is 6.92 Å². The quantitative estimate of drug-likeness (QED) is 0.787. The molecule has 0 spiro atoms. The average Bonchev–Trinajstić information content (AvgIpc) is 2.43. The predicted molar refractivity (Wildman–Crippen MR) is 74.0 cm³/mol. The van der Waals surface area contributed by atoms with E-state index in [0.717, 1.165) is 5.56 Å². The van der Waals surface area contributed by atoms with Crippen molar-refractivity contribution in [3.8, 4) is 11.5 Å². The molecule has 0 aliphatic heterocycles. The minimum absolute atomic E-state index is 0.387. The van der Waals surface area contributed by atoms with E-state index in [1.807, 2.05) is 13.0 Å². The minimum Gasteiger partial charge on any atom is -0.465 e. The number of esters is 1. The Bertz CT molecular complexity index is 608. The molecule has 0 saturated carbocycles. The summed E-state index contributed by atoms with van der Waals surface area (Å²) in [6.45, 7) is 1.89. The Morgan fingerprint density at radius 2 is 1.89 bits per heavy atom. The summed E-state index contributed by atoms with van der Waals surface area (Å²) >= 11 is 5.96. The van der Waals surface area contributed by atoms with E-state index in [1.54, 1.807) is 36.4 Å². The summed E-state index contributed by atoms with van der Waals surface area (Å²) in [6, 6.07) is 12.3. The van der Waals surface area contributed by atoms with E-state index in [9.17, 15) is 4.79 Å². The SMILES string of the molecule is COC(=O)c1ccccc1Oc1ccc(Cl)c(C)c1. The van der Waals surface area contributed by atoms with Crippen molar-refractivity contribution in [1.82, 2.24) is 0 Å². The highest BCUT2D eigenvalue weighted by Gasteiger charge is 2.12. The maximum absolute atomic E-state index is 11.6. The van der Waals surface area contributed by atoms with Crippen molar-refractivity contribution in [1.29, 1.82) is 0 Å². The van der Waals surface area contributed by atoms with Gasteiger partial charge in [-0.25, -0.2) is 4.79 Å². The Labute approximate surface area is 116 Å². The normalized spacial score (nSPS) is 10.1. The van der Waals surface area contributed by atoms with Gasteiger partial charge in [-0.05, 0) is 42.8 Å². The van der Waals surface area contributed by atoms with Gasteiger partial charge < -0.3 is 9.47 Å². The third-order valence-electron chi connectivity index (χ3n) is 2.65. The van der Waals surface area contributed by atoms with Crippen LogP contribution >= 0.6 is 11.6 Å². The summed E-state index contributed by atoms with van der Waals surface area (Å²) in [5.74, 6) is 0.649. The molecule has 0 N–H and O–H groups in total. The molecular weight excluding hydrogens is 264 g/mol.